The van der Waals surface area contributed by atoms with E-state index >= 15 is 0 Å². The van der Waals surface area contributed by atoms with Crippen molar-refractivity contribution in [3.63, 3.8) is 0 Å². The molecule has 7 amide bonds. The molecule has 0 unspecified atom stereocenters. The number of Topliss-reactive ketones (excluding diaryl/α,β-unsaturated/α-hetero) is 4. The van der Waals surface area contributed by atoms with Gasteiger partial charge in [-0.25, -0.2) is 4.79 Å². The number of aliphatic imine (C=N–C) groups is 1. The molecular weight excluding hydrogens is 1170 g/mol. The standard InChI is InChI=1S/C66H107N9O16/c1-14-36(6)48(33-51(78)49(26-27-55(68)82)70-62(85)45(34-76)31-53(80)56(37(7)15-2)72-61(84)44(18-5)30-43-22-24-47(90-13)25-23-43)64(87)73-57(38(8)16-3)54(81)32-46(35-77)63(86)75-59-41(11)91-66(89)58(39(9)17-4)74-65(88)50(21-19-20-28-69-42(12)67)71-60(83)40(10)29-52(59)79/h22-25,36-41,44-46,48-50,56-59,76-77H,14-21,26-35H2,1-13H3,(H2,67,69)(H2,68,82)(H,70,85)(H,71,83)(H,72,84)(H,73,87)(H,74,88)(H,75,86)/t36-,37-,38-,39-,40+,41-,44+,45-,46-,48+,49+,50-,56-,57-,58-,59+/m0/s1. The van der Waals surface area contributed by atoms with E-state index in [-0.39, 0.29) is 31.1 Å². The van der Waals surface area contributed by atoms with Gasteiger partial charge in [-0.1, -0.05) is 107 Å². The van der Waals surface area contributed by atoms with E-state index in [0.717, 1.165) is 5.56 Å². The smallest absolute Gasteiger partial charge is 0.329 e. The third kappa shape index (κ3) is 26.2. The molecule has 12 N–H and O–H groups in total. The number of nitrogens with one attached hydrogen (secondary N) is 6. The summed E-state index contributed by atoms with van der Waals surface area (Å²) in [5.41, 5.74) is 12.0. The van der Waals surface area contributed by atoms with Crippen LogP contribution in [0.2, 0.25) is 0 Å². The number of ether oxygens (including phenoxy) is 2. The second-order valence-corrected chi connectivity index (χ2v) is 24.9. The quantitative estimate of drug-likeness (QED) is 0.0195. The SMILES string of the molecule is CC[C@H](Cc1ccc(OC)cc1)C(=O)N[C@H](C(=O)C[C@@H](CO)C(=O)N[C@H](CCC(N)=O)C(=O)C[C@@H](C(=O)N[C@H](C(=O)C[C@@H](CO)C(=O)N[C@H]1C(=O)C[C@@H](C)C(=O)N[C@@H](CCCCN=C(C)N)C(=O)N[C@@H]([C@@H](C)CC)C(=O)O[C@H]1C)[C@@H](C)CC)[C@@H](C)CC)[C@@H](C)CC. The summed E-state index contributed by atoms with van der Waals surface area (Å²) in [5, 5.41) is 37.5. The van der Waals surface area contributed by atoms with Gasteiger partial charge in [0, 0.05) is 56.4 Å². The molecule has 0 bridgehead atoms. The number of esters is 1. The Bertz CT molecular complexity index is 2630. The molecule has 1 fully saturated rings. The molecule has 1 aliphatic rings. The van der Waals surface area contributed by atoms with Crippen molar-refractivity contribution in [1.82, 2.24) is 31.9 Å². The lowest BCUT2D eigenvalue weighted by atomic mass is 9.83. The molecule has 1 aromatic carbocycles. The van der Waals surface area contributed by atoms with Crippen LogP contribution >= 0.6 is 0 Å². The van der Waals surface area contributed by atoms with Crippen molar-refractivity contribution in [2.24, 2.45) is 69.7 Å². The number of ketones is 4. The minimum absolute atomic E-state index is 0.176. The summed E-state index contributed by atoms with van der Waals surface area (Å²) in [7, 11) is 1.55. The highest BCUT2D eigenvalue weighted by molar-refractivity contribution is 5.99. The van der Waals surface area contributed by atoms with E-state index in [1.165, 1.54) is 13.8 Å². The van der Waals surface area contributed by atoms with Gasteiger partial charge in [-0.15, -0.1) is 0 Å². The molecule has 25 nitrogen and oxygen atoms in total. The lowest BCUT2D eigenvalue weighted by molar-refractivity contribution is -0.157. The molecule has 25 heteroatoms. The van der Waals surface area contributed by atoms with E-state index in [1.807, 2.05) is 26.0 Å². The maximum atomic E-state index is 14.5. The van der Waals surface area contributed by atoms with Crippen LogP contribution in [-0.2, 0) is 68.7 Å². The molecule has 0 spiro atoms. The monoisotopic (exact) mass is 1280 g/mol. The first-order valence-corrected chi connectivity index (χ1v) is 32.5. The zero-order chi connectivity index (χ0) is 68.8. The van der Waals surface area contributed by atoms with Crippen LogP contribution in [0, 0.1) is 53.3 Å². The first-order valence-electron chi connectivity index (χ1n) is 32.5. The lowest BCUT2D eigenvalue weighted by Gasteiger charge is -2.30. The minimum Gasteiger partial charge on any atom is -0.497 e. The highest BCUT2D eigenvalue weighted by atomic mass is 16.5. The van der Waals surface area contributed by atoms with E-state index in [2.05, 4.69) is 36.9 Å². The van der Waals surface area contributed by atoms with E-state index in [4.69, 9.17) is 20.9 Å². The summed E-state index contributed by atoms with van der Waals surface area (Å²) < 4.78 is 11.1. The predicted octanol–water partition coefficient (Wildman–Crippen LogP) is 3.42. The fourth-order valence-electron chi connectivity index (χ4n) is 10.7. The number of nitrogens with zero attached hydrogens (tertiary/aromatic N) is 1. The minimum atomic E-state index is -1.60. The third-order valence-electron chi connectivity index (χ3n) is 17.8. The number of aliphatic hydroxyl groups is 2. The number of amides is 7. The van der Waals surface area contributed by atoms with Crippen LogP contribution in [-0.4, -0.2) is 156 Å². The van der Waals surface area contributed by atoms with Crippen molar-refractivity contribution < 1.29 is 77.2 Å². The molecule has 0 saturated carbocycles. The summed E-state index contributed by atoms with van der Waals surface area (Å²) in [4.78, 5) is 171. The van der Waals surface area contributed by atoms with Gasteiger partial charge in [-0.3, -0.25) is 57.7 Å². The predicted molar refractivity (Wildman–Crippen MR) is 342 cm³/mol. The van der Waals surface area contributed by atoms with Crippen LogP contribution in [0.1, 0.15) is 179 Å². The number of methoxy groups -OCH3 is 1. The van der Waals surface area contributed by atoms with E-state index in [9.17, 15) is 67.7 Å². The first kappa shape index (κ1) is 79.9. The number of benzene rings is 1. The highest BCUT2D eigenvalue weighted by Crippen LogP contribution is 2.26. The van der Waals surface area contributed by atoms with E-state index < -0.39 is 193 Å². The summed E-state index contributed by atoms with van der Waals surface area (Å²) in [6, 6.07) is -0.377. The van der Waals surface area contributed by atoms with Crippen LogP contribution < -0.4 is 48.1 Å². The molecule has 512 valence electrons. The van der Waals surface area contributed by atoms with Gasteiger partial charge in [0.25, 0.3) is 0 Å². The van der Waals surface area contributed by atoms with Gasteiger partial charge in [-0.2, -0.15) is 0 Å². The van der Waals surface area contributed by atoms with Gasteiger partial charge >= 0.3 is 5.97 Å². The molecule has 1 heterocycles. The van der Waals surface area contributed by atoms with Crippen LogP contribution in [0.25, 0.3) is 0 Å². The van der Waals surface area contributed by atoms with Crippen molar-refractivity contribution >= 4 is 76.3 Å². The third-order valence-corrected chi connectivity index (χ3v) is 17.8. The van der Waals surface area contributed by atoms with Crippen molar-refractivity contribution in [2.75, 3.05) is 26.9 Å². The number of hydrogen-bond acceptors (Lipinski definition) is 17. The Hall–Kier alpha value is -7.15. The Morgan fingerprint density at radius 1 is 0.681 bits per heavy atom. The van der Waals surface area contributed by atoms with Crippen LogP contribution in [0.3, 0.4) is 0 Å². The average Bonchev–Trinajstić information content (AvgIpc) is 3.58. The second-order valence-electron chi connectivity index (χ2n) is 24.9. The summed E-state index contributed by atoms with van der Waals surface area (Å²) in [6.07, 6.45) is -0.630. The second kappa shape index (κ2) is 40.7. The van der Waals surface area contributed by atoms with E-state index in [0.29, 0.717) is 69.5 Å². The molecule has 0 radical (unpaired) electrons. The molecule has 2 rings (SSSR count). The van der Waals surface area contributed by atoms with Gasteiger partial charge in [0.05, 0.1) is 56.1 Å². The fraction of sp³-hybridized carbons (Fsp3) is 0.712. The maximum absolute atomic E-state index is 14.5. The summed E-state index contributed by atoms with van der Waals surface area (Å²) >= 11 is 0. The van der Waals surface area contributed by atoms with Gasteiger partial charge < -0.3 is 63.1 Å². The topological polar surface area (TPSA) is 400 Å². The summed E-state index contributed by atoms with van der Waals surface area (Å²) in [6.45, 7) is 19.0. The number of carbonyl (C=O) groups excluding carboxylic acids is 12. The number of nitrogens with two attached hydrogens (primary N) is 2. The number of cyclic esters (lactones) is 1. The largest absolute Gasteiger partial charge is 0.497 e. The molecule has 1 aliphatic heterocycles. The highest BCUT2D eigenvalue weighted by Gasteiger charge is 2.41. The lowest BCUT2D eigenvalue weighted by Crippen LogP contribution is -2.55. The molecule has 0 aliphatic carbocycles. The Balaban J connectivity index is 2.40. The van der Waals surface area contributed by atoms with Crippen LogP contribution in [0.15, 0.2) is 29.3 Å². The van der Waals surface area contributed by atoms with Crippen LogP contribution in [0.4, 0.5) is 0 Å². The number of hydrogen-bond donors (Lipinski definition) is 10. The molecule has 0 aromatic heterocycles. The van der Waals surface area contributed by atoms with E-state index in [1.54, 1.807) is 74.6 Å². The summed E-state index contributed by atoms with van der Waals surface area (Å²) in [5.74, 6) is -15.1. The van der Waals surface area contributed by atoms with Crippen molar-refractivity contribution in [1.29, 1.82) is 0 Å². The number of amidine groups is 1. The maximum Gasteiger partial charge on any atom is 0.329 e. The van der Waals surface area contributed by atoms with Gasteiger partial charge in [0.1, 0.15) is 30.0 Å². The zero-order valence-electron chi connectivity index (χ0n) is 56.0. The zero-order valence-corrected chi connectivity index (χ0v) is 56.0. The number of rotatable bonds is 39. The van der Waals surface area contributed by atoms with Gasteiger partial charge in [0.2, 0.25) is 41.4 Å². The average molecular weight is 1280 g/mol. The first-order chi connectivity index (χ1) is 42.9. The number of carbonyl (C=O) groups is 12. The molecule has 91 heavy (non-hydrogen) atoms. The molecule has 16 atom stereocenters. The molecule has 1 saturated heterocycles. The number of primary amides is 1. The van der Waals surface area contributed by atoms with Crippen molar-refractivity contribution in [3.8, 4) is 5.75 Å². The number of aliphatic hydroxyl groups excluding tert-OH is 2. The van der Waals surface area contributed by atoms with Crippen molar-refractivity contribution in [2.45, 2.75) is 222 Å². The Labute approximate surface area is 537 Å². The van der Waals surface area contributed by atoms with Crippen LogP contribution in [0.5, 0.6) is 5.75 Å². The Kier molecular flexibility index (Phi) is 35.7. The van der Waals surface area contributed by atoms with Crippen molar-refractivity contribution in [3.05, 3.63) is 29.8 Å². The molecular formula is C66H107N9O16. The Morgan fingerprint density at radius 2 is 1.23 bits per heavy atom. The molecule has 1 aromatic rings. The fourth-order valence-corrected chi connectivity index (χ4v) is 10.7. The number of unbranched alkanes of at least 4 members (excludes halogenated alkanes) is 1. The Morgan fingerprint density at radius 3 is 1.74 bits per heavy atom. The van der Waals surface area contributed by atoms with Gasteiger partial charge in [-0.05, 0) is 93.7 Å². The van der Waals surface area contributed by atoms with Gasteiger partial charge in [0.15, 0.2) is 23.1 Å². The normalized spacial score (nSPS) is 21.2.